The van der Waals surface area contributed by atoms with Gasteiger partial charge in [0.2, 0.25) is 5.60 Å². The van der Waals surface area contributed by atoms with E-state index in [2.05, 4.69) is 20.5 Å². The number of halogens is 5. The summed E-state index contributed by atoms with van der Waals surface area (Å²) in [7, 11) is 2.60. The van der Waals surface area contributed by atoms with Crippen molar-refractivity contribution in [2.24, 2.45) is 0 Å². The first-order valence-electron chi connectivity index (χ1n) is 11.8. The summed E-state index contributed by atoms with van der Waals surface area (Å²) in [4.78, 5) is 16.8. The SMILES string of the molecule is COc1cc(C(=O)NCC(O)(c2ccc(OC)c(-c3ccc(F)c(Cl)c3)n2)C(F)(F)F)ccc1OCc1ccn[nH]1. The van der Waals surface area contributed by atoms with Crippen molar-refractivity contribution in [2.75, 3.05) is 20.8 Å². The smallest absolute Gasteiger partial charge is 0.424 e. The normalized spacial score (nSPS) is 12.9. The van der Waals surface area contributed by atoms with E-state index in [9.17, 15) is 27.5 Å². The Bertz CT molecular complexity index is 1530. The average Bonchev–Trinajstić information content (AvgIpc) is 3.48. The number of amides is 1. The molecule has 216 valence electrons. The Kier molecular flexibility index (Phi) is 8.69. The van der Waals surface area contributed by atoms with E-state index < -0.39 is 35.7 Å². The number of H-pyrrole nitrogens is 1. The summed E-state index contributed by atoms with van der Waals surface area (Å²) >= 11 is 5.84. The van der Waals surface area contributed by atoms with E-state index in [4.69, 9.17) is 25.8 Å². The predicted octanol–water partition coefficient (Wildman–Crippen LogP) is 5.04. The third-order valence-corrected chi connectivity index (χ3v) is 6.33. The van der Waals surface area contributed by atoms with E-state index in [0.29, 0.717) is 5.69 Å². The number of carbonyl (C=O) groups is 1. The summed E-state index contributed by atoms with van der Waals surface area (Å²) in [5.74, 6) is -1.19. The quantitative estimate of drug-likeness (QED) is 0.220. The van der Waals surface area contributed by atoms with Crippen LogP contribution in [0.25, 0.3) is 11.3 Å². The summed E-state index contributed by atoms with van der Waals surface area (Å²) in [6.07, 6.45) is -3.71. The van der Waals surface area contributed by atoms with Crippen molar-refractivity contribution in [3.05, 3.63) is 88.6 Å². The molecule has 0 aliphatic heterocycles. The van der Waals surface area contributed by atoms with Gasteiger partial charge in [-0.15, -0.1) is 0 Å². The maximum atomic E-state index is 14.3. The van der Waals surface area contributed by atoms with Crippen molar-refractivity contribution in [2.45, 2.75) is 18.4 Å². The molecule has 14 heteroatoms. The van der Waals surface area contributed by atoms with Crippen LogP contribution < -0.4 is 19.5 Å². The first kappa shape index (κ1) is 29.6. The second-order valence-corrected chi connectivity index (χ2v) is 9.06. The minimum Gasteiger partial charge on any atom is -0.494 e. The van der Waals surface area contributed by atoms with Crippen LogP contribution in [0.1, 0.15) is 21.7 Å². The molecular formula is C27H23ClF4N4O5. The summed E-state index contributed by atoms with van der Waals surface area (Å²) in [6, 6.07) is 11.2. The molecule has 0 radical (unpaired) electrons. The van der Waals surface area contributed by atoms with Crippen LogP contribution in [0.3, 0.4) is 0 Å². The minimum absolute atomic E-state index is 0.0481. The van der Waals surface area contributed by atoms with Gasteiger partial charge in [-0.05, 0) is 54.6 Å². The van der Waals surface area contributed by atoms with Crippen molar-refractivity contribution in [1.29, 1.82) is 0 Å². The number of hydrogen-bond acceptors (Lipinski definition) is 7. The van der Waals surface area contributed by atoms with Crippen LogP contribution in [-0.4, -0.2) is 53.1 Å². The van der Waals surface area contributed by atoms with Gasteiger partial charge in [0, 0.05) is 17.3 Å². The number of aliphatic hydroxyl groups is 1. The molecule has 4 rings (SSSR count). The average molecular weight is 595 g/mol. The fraction of sp³-hybridized carbons (Fsp3) is 0.222. The van der Waals surface area contributed by atoms with Gasteiger partial charge >= 0.3 is 6.18 Å². The highest BCUT2D eigenvalue weighted by atomic mass is 35.5. The molecule has 2 aromatic carbocycles. The van der Waals surface area contributed by atoms with Gasteiger partial charge in [-0.3, -0.25) is 9.89 Å². The number of hydrogen-bond donors (Lipinski definition) is 3. The molecule has 4 aromatic rings. The first-order chi connectivity index (χ1) is 19.5. The van der Waals surface area contributed by atoms with Crippen molar-refractivity contribution in [1.82, 2.24) is 20.5 Å². The highest BCUT2D eigenvalue weighted by Crippen LogP contribution is 2.40. The number of alkyl halides is 3. The third kappa shape index (κ3) is 6.36. The summed E-state index contributed by atoms with van der Waals surface area (Å²) in [6.45, 7) is -1.15. The highest BCUT2D eigenvalue weighted by Gasteiger charge is 2.56. The lowest BCUT2D eigenvalue weighted by Gasteiger charge is -2.30. The Morgan fingerprint density at radius 2 is 1.76 bits per heavy atom. The lowest BCUT2D eigenvalue weighted by Crippen LogP contribution is -2.51. The molecule has 2 heterocycles. The van der Waals surface area contributed by atoms with Crippen molar-refractivity contribution >= 4 is 17.5 Å². The van der Waals surface area contributed by atoms with Gasteiger partial charge < -0.3 is 24.6 Å². The topological polar surface area (TPSA) is 119 Å². The van der Waals surface area contributed by atoms with Crippen LogP contribution in [0.2, 0.25) is 5.02 Å². The zero-order valence-corrected chi connectivity index (χ0v) is 22.3. The number of aromatic nitrogens is 3. The number of nitrogens with zero attached hydrogens (tertiary/aromatic N) is 2. The van der Waals surface area contributed by atoms with E-state index in [1.165, 1.54) is 44.6 Å². The Morgan fingerprint density at radius 1 is 1.02 bits per heavy atom. The Labute approximate surface area is 236 Å². The molecule has 41 heavy (non-hydrogen) atoms. The van der Waals surface area contributed by atoms with Crippen LogP contribution in [0.5, 0.6) is 17.2 Å². The maximum absolute atomic E-state index is 14.3. The number of carbonyl (C=O) groups excluding carboxylic acids is 1. The molecule has 1 amide bonds. The molecule has 0 aliphatic rings. The number of nitrogens with one attached hydrogen (secondary N) is 2. The minimum atomic E-state index is -5.26. The summed E-state index contributed by atoms with van der Waals surface area (Å²) < 4.78 is 72.5. The molecule has 0 bridgehead atoms. The van der Waals surface area contributed by atoms with E-state index in [1.807, 2.05) is 0 Å². The van der Waals surface area contributed by atoms with Gasteiger partial charge in [0.1, 0.15) is 23.9 Å². The summed E-state index contributed by atoms with van der Waals surface area (Å²) in [5.41, 5.74) is -3.79. The van der Waals surface area contributed by atoms with Crippen molar-refractivity contribution < 1.29 is 41.7 Å². The molecule has 0 spiro atoms. The zero-order chi connectivity index (χ0) is 29.8. The molecule has 0 saturated carbocycles. The lowest BCUT2D eigenvalue weighted by molar-refractivity contribution is -0.265. The van der Waals surface area contributed by atoms with E-state index >= 15 is 0 Å². The molecular weight excluding hydrogens is 572 g/mol. The number of rotatable bonds is 10. The number of aromatic amines is 1. The number of pyridine rings is 1. The lowest BCUT2D eigenvalue weighted by atomic mass is 9.96. The largest absolute Gasteiger partial charge is 0.494 e. The number of methoxy groups -OCH3 is 2. The molecule has 0 saturated heterocycles. The highest BCUT2D eigenvalue weighted by molar-refractivity contribution is 6.31. The van der Waals surface area contributed by atoms with Crippen LogP contribution >= 0.6 is 11.6 Å². The molecule has 1 atom stereocenters. The molecule has 3 N–H and O–H groups in total. The van der Waals surface area contributed by atoms with Crippen LogP contribution in [-0.2, 0) is 12.2 Å². The van der Waals surface area contributed by atoms with Gasteiger partial charge in [-0.1, -0.05) is 11.6 Å². The molecule has 9 nitrogen and oxygen atoms in total. The van der Waals surface area contributed by atoms with Crippen molar-refractivity contribution in [3.8, 4) is 28.5 Å². The molecule has 1 unspecified atom stereocenters. The maximum Gasteiger partial charge on any atom is 0.424 e. The standard InChI is InChI=1S/C27H23ClF4N4O5/c1-39-21-7-8-23(35-24(21)15-3-5-19(29)18(28)11-15)26(38,27(30,31)32)14-33-25(37)16-4-6-20(22(12-16)40-2)41-13-17-9-10-34-36-17/h3-12,38H,13-14H2,1-2H3,(H,33,37)(H,34,36). The van der Waals surface area contributed by atoms with Crippen molar-refractivity contribution in [3.63, 3.8) is 0 Å². The fourth-order valence-corrected chi connectivity index (χ4v) is 3.97. The third-order valence-electron chi connectivity index (χ3n) is 6.04. The first-order valence-corrected chi connectivity index (χ1v) is 12.2. The second-order valence-electron chi connectivity index (χ2n) is 8.65. The molecule has 0 aliphatic carbocycles. The van der Waals surface area contributed by atoms with E-state index in [0.717, 1.165) is 18.2 Å². The summed E-state index contributed by atoms with van der Waals surface area (Å²) in [5, 5.41) is 19.2. The Morgan fingerprint density at radius 3 is 2.39 bits per heavy atom. The Hall–Kier alpha value is -4.36. The number of benzene rings is 2. The Balaban J connectivity index is 1.59. The zero-order valence-electron chi connectivity index (χ0n) is 21.6. The number of ether oxygens (including phenoxy) is 3. The van der Waals surface area contributed by atoms with Gasteiger partial charge in [-0.2, -0.15) is 18.3 Å². The van der Waals surface area contributed by atoms with E-state index in [1.54, 1.807) is 12.3 Å². The van der Waals surface area contributed by atoms with Gasteiger partial charge in [-0.25, -0.2) is 9.37 Å². The van der Waals surface area contributed by atoms with Gasteiger partial charge in [0.25, 0.3) is 5.91 Å². The van der Waals surface area contributed by atoms with Crippen LogP contribution in [0.4, 0.5) is 17.6 Å². The van der Waals surface area contributed by atoms with Crippen LogP contribution in [0.15, 0.2) is 60.8 Å². The molecule has 2 aromatic heterocycles. The fourth-order valence-electron chi connectivity index (χ4n) is 3.79. The van der Waals surface area contributed by atoms with Gasteiger partial charge in [0.05, 0.1) is 37.2 Å². The molecule has 0 fully saturated rings. The monoisotopic (exact) mass is 594 g/mol. The van der Waals surface area contributed by atoms with Gasteiger partial charge in [0.15, 0.2) is 11.5 Å². The second kappa shape index (κ2) is 12.0. The predicted molar refractivity (Wildman–Crippen MR) is 139 cm³/mol. The van der Waals surface area contributed by atoms with E-state index in [-0.39, 0.29) is 45.7 Å². The van der Waals surface area contributed by atoms with Crippen LogP contribution in [0, 0.1) is 5.82 Å².